The zero-order valence-corrected chi connectivity index (χ0v) is 12.4. The van der Waals surface area contributed by atoms with Gasteiger partial charge in [0.15, 0.2) is 0 Å². The smallest absolute Gasteiger partial charge is 0.243 e. The number of nitrogen functional groups attached to an aromatic ring is 1. The fourth-order valence-corrected chi connectivity index (χ4v) is 4.02. The van der Waals surface area contributed by atoms with Crippen LogP contribution in [0.3, 0.4) is 0 Å². The maximum Gasteiger partial charge on any atom is 0.243 e. The molecule has 1 aromatic carbocycles. The molecule has 2 rings (SSSR count). The van der Waals surface area contributed by atoms with Crippen LogP contribution >= 0.6 is 0 Å². The van der Waals surface area contributed by atoms with Gasteiger partial charge < -0.3 is 10.5 Å². The van der Waals surface area contributed by atoms with Gasteiger partial charge in [0.2, 0.25) is 10.0 Å². The van der Waals surface area contributed by atoms with Crippen LogP contribution in [0.15, 0.2) is 17.0 Å². The first-order valence-electron chi connectivity index (χ1n) is 6.45. The first kappa shape index (κ1) is 15.2. The Hall–Kier alpha value is -1.18. The zero-order chi connectivity index (χ0) is 14.9. The van der Waals surface area contributed by atoms with Crippen molar-refractivity contribution in [1.29, 1.82) is 0 Å². The molecule has 0 bridgehead atoms. The number of rotatable bonds is 3. The van der Waals surface area contributed by atoms with Crippen molar-refractivity contribution in [3.8, 4) is 0 Å². The lowest BCUT2D eigenvalue weighted by atomic mass is 10.1. The van der Waals surface area contributed by atoms with E-state index in [9.17, 15) is 12.8 Å². The number of benzene rings is 1. The summed E-state index contributed by atoms with van der Waals surface area (Å²) in [6.07, 6.45) is 1.28. The van der Waals surface area contributed by atoms with Gasteiger partial charge in [0.25, 0.3) is 0 Å². The minimum absolute atomic E-state index is 0.0657. The molecule has 1 heterocycles. The second-order valence-electron chi connectivity index (χ2n) is 4.99. The third kappa shape index (κ3) is 2.79. The van der Waals surface area contributed by atoms with Gasteiger partial charge in [-0.2, -0.15) is 4.31 Å². The van der Waals surface area contributed by atoms with Crippen LogP contribution in [0.5, 0.6) is 0 Å². The molecule has 0 radical (unpaired) electrons. The molecule has 1 aliphatic heterocycles. The highest BCUT2D eigenvalue weighted by Gasteiger charge is 2.31. The third-order valence-corrected chi connectivity index (χ3v) is 5.72. The lowest BCUT2D eigenvalue weighted by molar-refractivity contribution is 0.0632. The monoisotopic (exact) mass is 302 g/mol. The molecule has 0 aromatic heterocycles. The minimum Gasteiger partial charge on any atom is -0.399 e. The predicted molar refractivity (Wildman–Crippen MR) is 74.3 cm³/mol. The number of hydrogen-bond acceptors (Lipinski definition) is 4. The first-order chi connectivity index (χ1) is 9.34. The summed E-state index contributed by atoms with van der Waals surface area (Å²) in [6, 6.07) is 2.31. The molecule has 0 amide bonds. The van der Waals surface area contributed by atoms with Crippen molar-refractivity contribution >= 4 is 15.7 Å². The highest BCUT2D eigenvalue weighted by Crippen LogP contribution is 2.27. The first-order valence-corrected chi connectivity index (χ1v) is 7.89. The SMILES string of the molecule is Cc1c(F)cc(N)cc1S(=O)(=O)N(C)C1CCOCC1. The van der Waals surface area contributed by atoms with E-state index >= 15 is 0 Å². The van der Waals surface area contributed by atoms with Gasteiger partial charge >= 0.3 is 0 Å². The second-order valence-corrected chi connectivity index (χ2v) is 6.96. The maximum absolute atomic E-state index is 13.7. The van der Waals surface area contributed by atoms with Crippen molar-refractivity contribution in [1.82, 2.24) is 4.31 Å². The molecule has 0 unspecified atom stereocenters. The second kappa shape index (κ2) is 5.67. The highest BCUT2D eigenvalue weighted by atomic mass is 32.2. The number of sulfonamides is 1. The summed E-state index contributed by atoms with van der Waals surface area (Å²) in [6.45, 7) is 2.52. The van der Waals surface area contributed by atoms with Crippen molar-refractivity contribution in [2.75, 3.05) is 26.0 Å². The van der Waals surface area contributed by atoms with Crippen LogP contribution in [0.25, 0.3) is 0 Å². The number of nitrogens with zero attached hydrogens (tertiary/aromatic N) is 1. The van der Waals surface area contributed by atoms with Crippen molar-refractivity contribution in [2.24, 2.45) is 0 Å². The van der Waals surface area contributed by atoms with Gasteiger partial charge in [0, 0.05) is 37.6 Å². The van der Waals surface area contributed by atoms with E-state index in [2.05, 4.69) is 0 Å². The molecule has 0 saturated carbocycles. The summed E-state index contributed by atoms with van der Waals surface area (Å²) in [5.74, 6) is -0.607. The normalized spacial score (nSPS) is 17.6. The molecule has 112 valence electrons. The standard InChI is InChI=1S/C13H19FN2O3S/c1-9-12(14)7-10(15)8-13(9)20(17,18)16(2)11-3-5-19-6-4-11/h7-8,11H,3-6,15H2,1-2H3. The van der Waals surface area contributed by atoms with Gasteiger partial charge in [-0.25, -0.2) is 12.8 Å². The van der Waals surface area contributed by atoms with E-state index in [0.29, 0.717) is 26.1 Å². The molecular formula is C13H19FN2O3S. The van der Waals surface area contributed by atoms with Gasteiger partial charge in [-0.15, -0.1) is 0 Å². The van der Waals surface area contributed by atoms with Gasteiger partial charge in [-0.05, 0) is 31.9 Å². The van der Waals surface area contributed by atoms with E-state index < -0.39 is 15.8 Å². The highest BCUT2D eigenvalue weighted by molar-refractivity contribution is 7.89. The lowest BCUT2D eigenvalue weighted by Crippen LogP contribution is -2.40. The third-order valence-electron chi connectivity index (χ3n) is 3.68. The van der Waals surface area contributed by atoms with E-state index in [0.717, 1.165) is 6.07 Å². The summed E-state index contributed by atoms with van der Waals surface area (Å²) in [5, 5.41) is 0. The van der Waals surface area contributed by atoms with Crippen molar-refractivity contribution in [2.45, 2.75) is 30.7 Å². The Morgan fingerprint density at radius 1 is 1.35 bits per heavy atom. The van der Waals surface area contributed by atoms with Crippen molar-refractivity contribution in [3.05, 3.63) is 23.5 Å². The summed E-state index contributed by atoms with van der Waals surface area (Å²) in [4.78, 5) is -0.0657. The molecule has 20 heavy (non-hydrogen) atoms. The lowest BCUT2D eigenvalue weighted by Gasteiger charge is -2.30. The fourth-order valence-electron chi connectivity index (χ4n) is 2.34. The number of anilines is 1. The number of halogens is 1. The topological polar surface area (TPSA) is 72.6 Å². The molecule has 0 atom stereocenters. The van der Waals surface area contributed by atoms with Crippen LogP contribution in [0, 0.1) is 12.7 Å². The number of ether oxygens (including phenoxy) is 1. The molecule has 0 spiro atoms. The Morgan fingerprint density at radius 3 is 2.55 bits per heavy atom. The average molecular weight is 302 g/mol. The van der Waals surface area contributed by atoms with E-state index in [4.69, 9.17) is 10.5 Å². The predicted octanol–water partition coefficient (Wildman–Crippen LogP) is 1.52. The Kier molecular flexibility index (Phi) is 4.31. The summed E-state index contributed by atoms with van der Waals surface area (Å²) in [5.41, 5.74) is 5.76. The van der Waals surface area contributed by atoms with Gasteiger partial charge in [-0.3, -0.25) is 0 Å². The number of nitrogens with two attached hydrogens (primary N) is 1. The molecule has 1 aromatic rings. The Balaban J connectivity index is 2.39. The Labute approximate surface area is 118 Å². The van der Waals surface area contributed by atoms with Crippen LogP contribution in [0.1, 0.15) is 18.4 Å². The molecule has 7 heteroatoms. The van der Waals surface area contributed by atoms with Crippen LogP contribution in [-0.2, 0) is 14.8 Å². The van der Waals surface area contributed by atoms with E-state index in [1.54, 1.807) is 0 Å². The van der Waals surface area contributed by atoms with E-state index in [-0.39, 0.29) is 22.2 Å². The van der Waals surface area contributed by atoms with Gasteiger partial charge in [0.1, 0.15) is 5.82 Å². The molecule has 5 nitrogen and oxygen atoms in total. The van der Waals surface area contributed by atoms with Gasteiger partial charge in [0.05, 0.1) is 4.90 Å². The molecule has 1 saturated heterocycles. The summed E-state index contributed by atoms with van der Waals surface area (Å²) in [7, 11) is -2.24. The van der Waals surface area contributed by atoms with Crippen molar-refractivity contribution < 1.29 is 17.5 Å². The minimum atomic E-state index is -3.76. The fraction of sp³-hybridized carbons (Fsp3) is 0.538. The maximum atomic E-state index is 13.7. The zero-order valence-electron chi connectivity index (χ0n) is 11.6. The van der Waals surface area contributed by atoms with Crippen LogP contribution in [0.4, 0.5) is 10.1 Å². The molecule has 2 N–H and O–H groups in total. The molecule has 0 aliphatic carbocycles. The van der Waals surface area contributed by atoms with E-state index in [1.165, 1.54) is 24.3 Å². The van der Waals surface area contributed by atoms with E-state index in [1.807, 2.05) is 0 Å². The number of hydrogen-bond donors (Lipinski definition) is 1. The Bertz CT molecular complexity index is 598. The molecule has 1 fully saturated rings. The Morgan fingerprint density at radius 2 is 1.95 bits per heavy atom. The van der Waals surface area contributed by atoms with Crippen molar-refractivity contribution in [3.63, 3.8) is 0 Å². The average Bonchev–Trinajstić information content (AvgIpc) is 2.42. The largest absolute Gasteiger partial charge is 0.399 e. The summed E-state index contributed by atoms with van der Waals surface area (Å²) >= 11 is 0. The molecular weight excluding hydrogens is 283 g/mol. The van der Waals surface area contributed by atoms with Crippen LogP contribution < -0.4 is 5.73 Å². The summed E-state index contributed by atoms with van der Waals surface area (Å²) < 4.78 is 45.5. The van der Waals surface area contributed by atoms with Crippen LogP contribution in [-0.4, -0.2) is 39.0 Å². The van der Waals surface area contributed by atoms with Crippen LogP contribution in [0.2, 0.25) is 0 Å². The van der Waals surface area contributed by atoms with Gasteiger partial charge in [-0.1, -0.05) is 0 Å². The quantitative estimate of drug-likeness (QED) is 0.859. The molecule has 1 aliphatic rings.